The summed E-state index contributed by atoms with van der Waals surface area (Å²) in [6.45, 7) is 4.17. The Morgan fingerprint density at radius 3 is 2.29 bits per heavy atom. The lowest BCUT2D eigenvalue weighted by molar-refractivity contribution is 0.0588. The summed E-state index contributed by atoms with van der Waals surface area (Å²) in [5, 5.41) is 9.20. The van der Waals surface area contributed by atoms with E-state index in [9.17, 15) is 14.9 Å². The first-order chi connectivity index (χ1) is 18.4. The Kier molecular flexibility index (Phi) is 7.56. The number of hydrogen-bond donors (Lipinski definition) is 1. The summed E-state index contributed by atoms with van der Waals surface area (Å²) >= 11 is 0. The number of benzene rings is 3. The zero-order valence-corrected chi connectivity index (χ0v) is 22.1. The van der Waals surface area contributed by atoms with E-state index in [1.807, 2.05) is 60.7 Å². The van der Waals surface area contributed by atoms with Gasteiger partial charge in [-0.3, -0.25) is 14.5 Å². The zero-order valence-electron chi connectivity index (χ0n) is 22.1. The van der Waals surface area contributed by atoms with Crippen LogP contribution < -0.4 is 5.73 Å². The predicted octanol–water partition coefficient (Wildman–Crippen LogP) is 5.95. The Morgan fingerprint density at radius 2 is 1.66 bits per heavy atom. The smallest absolute Gasteiger partial charge is 0.170 e. The van der Waals surface area contributed by atoms with Gasteiger partial charge in [0.25, 0.3) is 0 Å². The molecule has 2 aliphatic rings. The number of nitrogens with two attached hydrogens (primary N) is 1. The minimum absolute atomic E-state index is 0.0495. The molecular weight excluding hydrogens is 470 g/mol. The fourth-order valence-electron chi connectivity index (χ4n) is 6.20. The molecule has 0 saturated heterocycles. The number of rotatable bonds is 7. The van der Waals surface area contributed by atoms with Crippen molar-refractivity contribution in [2.75, 3.05) is 13.1 Å². The second-order valence-corrected chi connectivity index (χ2v) is 10.9. The van der Waals surface area contributed by atoms with E-state index in [4.69, 9.17) is 5.73 Å². The van der Waals surface area contributed by atoms with Gasteiger partial charge < -0.3 is 5.73 Å². The van der Waals surface area contributed by atoms with Crippen molar-refractivity contribution in [2.24, 2.45) is 11.1 Å². The number of ketones is 2. The second-order valence-electron chi connectivity index (χ2n) is 10.9. The van der Waals surface area contributed by atoms with E-state index in [0.717, 1.165) is 74.8 Å². The standard InChI is InChI=1S/C33H35N3O2/c1-23(37)25-7-9-26(10-8-25)27-11-13-28(14-12-27)32(38)33(16-3-2-4-31(33)35)17-19-36-18-15-29-20-24(21-34)5-6-30(29)22-36/h5-14,20,31H,2-4,15-19,22,35H2,1H3. The first-order valence-electron chi connectivity index (χ1n) is 13.7. The first kappa shape index (κ1) is 26.0. The molecule has 1 heterocycles. The molecule has 0 spiro atoms. The molecule has 194 valence electrons. The molecule has 5 nitrogen and oxygen atoms in total. The quantitative estimate of drug-likeness (QED) is 0.401. The van der Waals surface area contributed by atoms with Gasteiger partial charge in [-0.2, -0.15) is 5.26 Å². The maximum absolute atomic E-state index is 14.1. The highest BCUT2D eigenvalue weighted by Gasteiger charge is 2.45. The van der Waals surface area contributed by atoms with E-state index < -0.39 is 5.41 Å². The van der Waals surface area contributed by atoms with Crippen LogP contribution in [0.25, 0.3) is 11.1 Å². The Bertz CT molecular complexity index is 1370. The van der Waals surface area contributed by atoms with Gasteiger partial charge in [-0.05, 0) is 73.5 Å². The molecule has 2 unspecified atom stereocenters. The van der Waals surface area contributed by atoms with Gasteiger partial charge in [0.15, 0.2) is 11.6 Å². The number of hydrogen-bond acceptors (Lipinski definition) is 5. The number of fused-ring (bicyclic) bond motifs is 1. The van der Waals surface area contributed by atoms with Crippen LogP contribution in [0.2, 0.25) is 0 Å². The molecular formula is C33H35N3O2. The molecule has 1 saturated carbocycles. The van der Waals surface area contributed by atoms with Crippen LogP contribution in [0.4, 0.5) is 0 Å². The highest BCUT2D eigenvalue weighted by molar-refractivity contribution is 6.01. The maximum atomic E-state index is 14.1. The molecule has 5 rings (SSSR count). The van der Waals surface area contributed by atoms with Crippen molar-refractivity contribution in [3.63, 3.8) is 0 Å². The molecule has 0 aromatic heterocycles. The molecule has 2 atom stereocenters. The van der Waals surface area contributed by atoms with Crippen LogP contribution >= 0.6 is 0 Å². The van der Waals surface area contributed by atoms with Gasteiger partial charge in [-0.15, -0.1) is 0 Å². The number of carbonyl (C=O) groups is 2. The molecule has 1 aliphatic heterocycles. The molecule has 1 fully saturated rings. The van der Waals surface area contributed by atoms with E-state index in [1.165, 1.54) is 11.1 Å². The van der Waals surface area contributed by atoms with Crippen LogP contribution in [-0.2, 0) is 13.0 Å². The van der Waals surface area contributed by atoms with Gasteiger partial charge in [-0.25, -0.2) is 0 Å². The summed E-state index contributed by atoms with van der Waals surface area (Å²) in [5.74, 6) is 0.216. The van der Waals surface area contributed by atoms with Gasteiger partial charge in [0.1, 0.15) is 0 Å². The van der Waals surface area contributed by atoms with Gasteiger partial charge in [0, 0.05) is 35.7 Å². The minimum atomic E-state index is -0.548. The highest BCUT2D eigenvalue weighted by atomic mass is 16.1. The van der Waals surface area contributed by atoms with Crippen LogP contribution in [-0.4, -0.2) is 35.6 Å². The third kappa shape index (κ3) is 5.20. The highest BCUT2D eigenvalue weighted by Crippen LogP contribution is 2.42. The number of nitriles is 1. The van der Waals surface area contributed by atoms with E-state index >= 15 is 0 Å². The molecule has 38 heavy (non-hydrogen) atoms. The Balaban J connectivity index is 1.32. The summed E-state index contributed by atoms with van der Waals surface area (Å²) in [4.78, 5) is 28.1. The van der Waals surface area contributed by atoms with Crippen LogP contribution in [0, 0.1) is 16.7 Å². The lowest BCUT2D eigenvalue weighted by Gasteiger charge is -2.43. The lowest BCUT2D eigenvalue weighted by atomic mass is 9.64. The van der Waals surface area contributed by atoms with Crippen molar-refractivity contribution in [2.45, 2.75) is 58.0 Å². The maximum Gasteiger partial charge on any atom is 0.170 e. The summed E-state index contributed by atoms with van der Waals surface area (Å²) < 4.78 is 0. The summed E-state index contributed by atoms with van der Waals surface area (Å²) in [6.07, 6.45) is 5.49. The molecule has 1 aliphatic carbocycles. The van der Waals surface area contributed by atoms with Crippen LogP contribution in [0.1, 0.15) is 76.4 Å². The summed E-state index contributed by atoms with van der Waals surface area (Å²) in [6, 6.07) is 23.5. The fraction of sp³-hybridized carbons (Fsp3) is 0.364. The van der Waals surface area contributed by atoms with Crippen molar-refractivity contribution in [3.8, 4) is 17.2 Å². The normalized spacial score (nSPS) is 21.3. The van der Waals surface area contributed by atoms with Gasteiger partial charge >= 0.3 is 0 Å². The Hall–Kier alpha value is -3.59. The topological polar surface area (TPSA) is 87.2 Å². The minimum Gasteiger partial charge on any atom is -0.327 e. The van der Waals surface area contributed by atoms with Crippen molar-refractivity contribution < 1.29 is 9.59 Å². The average Bonchev–Trinajstić information content (AvgIpc) is 2.96. The molecule has 0 radical (unpaired) electrons. The van der Waals surface area contributed by atoms with E-state index in [-0.39, 0.29) is 17.6 Å². The number of carbonyl (C=O) groups excluding carboxylic acids is 2. The van der Waals surface area contributed by atoms with Crippen LogP contribution in [0.5, 0.6) is 0 Å². The summed E-state index contributed by atoms with van der Waals surface area (Å²) in [5.41, 5.74) is 12.9. The largest absolute Gasteiger partial charge is 0.327 e. The predicted molar refractivity (Wildman–Crippen MR) is 150 cm³/mol. The number of nitrogens with zero attached hydrogens (tertiary/aromatic N) is 2. The molecule has 3 aromatic rings. The Labute approximate surface area is 225 Å². The third-order valence-electron chi connectivity index (χ3n) is 8.62. The monoisotopic (exact) mass is 505 g/mol. The van der Waals surface area contributed by atoms with Gasteiger partial charge in [0.05, 0.1) is 11.6 Å². The molecule has 0 amide bonds. The van der Waals surface area contributed by atoms with E-state index in [1.54, 1.807) is 6.92 Å². The van der Waals surface area contributed by atoms with E-state index in [0.29, 0.717) is 11.1 Å². The average molecular weight is 506 g/mol. The number of Topliss-reactive ketones (excluding diaryl/α,β-unsaturated/α-hetero) is 2. The van der Waals surface area contributed by atoms with Crippen molar-refractivity contribution in [3.05, 3.63) is 94.5 Å². The fourth-order valence-corrected chi connectivity index (χ4v) is 6.20. The van der Waals surface area contributed by atoms with Gasteiger partial charge in [-0.1, -0.05) is 67.4 Å². The van der Waals surface area contributed by atoms with E-state index in [2.05, 4.69) is 17.0 Å². The van der Waals surface area contributed by atoms with Crippen LogP contribution in [0.15, 0.2) is 66.7 Å². The van der Waals surface area contributed by atoms with Crippen molar-refractivity contribution >= 4 is 11.6 Å². The van der Waals surface area contributed by atoms with Crippen molar-refractivity contribution in [1.29, 1.82) is 5.26 Å². The molecule has 0 bridgehead atoms. The van der Waals surface area contributed by atoms with Crippen molar-refractivity contribution in [1.82, 2.24) is 4.90 Å². The molecule has 2 N–H and O–H groups in total. The summed E-state index contributed by atoms with van der Waals surface area (Å²) in [7, 11) is 0. The SMILES string of the molecule is CC(=O)c1ccc(-c2ccc(C(=O)C3(CCN4CCc5cc(C#N)ccc5C4)CCCCC3N)cc2)cc1. The Morgan fingerprint density at radius 1 is 0.974 bits per heavy atom. The zero-order chi connectivity index (χ0) is 26.7. The second kappa shape index (κ2) is 11.0. The van der Waals surface area contributed by atoms with Gasteiger partial charge in [0.2, 0.25) is 0 Å². The van der Waals surface area contributed by atoms with Crippen LogP contribution in [0.3, 0.4) is 0 Å². The molecule has 3 aromatic carbocycles. The lowest BCUT2D eigenvalue weighted by Crippen LogP contribution is -2.51. The third-order valence-corrected chi connectivity index (χ3v) is 8.62. The molecule has 5 heteroatoms. The first-order valence-corrected chi connectivity index (χ1v) is 13.7.